The van der Waals surface area contributed by atoms with Gasteiger partial charge in [0.25, 0.3) is 0 Å². The highest BCUT2D eigenvalue weighted by Crippen LogP contribution is 2.32. The third-order valence-corrected chi connectivity index (χ3v) is 3.71. The van der Waals surface area contributed by atoms with E-state index in [0.717, 1.165) is 25.3 Å². The highest BCUT2D eigenvalue weighted by atomic mass is 16.5. The number of rotatable bonds is 5. The monoisotopic (exact) mass is 249 g/mol. The molecule has 2 N–H and O–H groups in total. The molecular formula is C15H23NO2. The molecule has 0 radical (unpaired) electrons. The van der Waals surface area contributed by atoms with Gasteiger partial charge in [-0.05, 0) is 24.0 Å². The molecule has 0 aromatic heterocycles. The molecule has 2 rings (SSSR count). The number of aliphatic hydroxyl groups excluding tert-OH is 1. The van der Waals surface area contributed by atoms with Crippen molar-refractivity contribution in [3.05, 3.63) is 29.8 Å². The van der Waals surface area contributed by atoms with Crippen molar-refractivity contribution in [3.63, 3.8) is 0 Å². The van der Waals surface area contributed by atoms with Crippen molar-refractivity contribution in [2.24, 2.45) is 5.92 Å². The summed E-state index contributed by atoms with van der Waals surface area (Å²) in [5, 5.41) is 12.8. The van der Waals surface area contributed by atoms with E-state index in [-0.39, 0.29) is 12.6 Å². The molecule has 0 saturated carbocycles. The second-order valence-corrected chi connectivity index (χ2v) is 5.31. The molecule has 2 atom stereocenters. The standard InChI is InChI=1S/C15H23NO2/c1-11(2)14(10-17)16-9-12-7-8-18-15-6-4-3-5-13(12)15/h3-6,11-12,14,16-17H,7-10H2,1-2H3. The van der Waals surface area contributed by atoms with Crippen molar-refractivity contribution in [2.45, 2.75) is 32.2 Å². The fourth-order valence-electron chi connectivity index (χ4n) is 2.43. The van der Waals surface area contributed by atoms with Crippen LogP contribution in [-0.2, 0) is 0 Å². The van der Waals surface area contributed by atoms with Crippen LogP contribution in [-0.4, -0.2) is 30.9 Å². The van der Waals surface area contributed by atoms with Crippen LogP contribution in [0, 0.1) is 5.92 Å². The van der Waals surface area contributed by atoms with Gasteiger partial charge in [-0.3, -0.25) is 0 Å². The van der Waals surface area contributed by atoms with Gasteiger partial charge < -0.3 is 15.2 Å². The smallest absolute Gasteiger partial charge is 0.122 e. The molecule has 0 amide bonds. The lowest BCUT2D eigenvalue weighted by Crippen LogP contribution is -2.40. The molecule has 1 aromatic rings. The predicted molar refractivity (Wildman–Crippen MR) is 73.0 cm³/mol. The number of aliphatic hydroxyl groups is 1. The van der Waals surface area contributed by atoms with Crippen molar-refractivity contribution < 1.29 is 9.84 Å². The number of hydrogen-bond donors (Lipinski definition) is 2. The Morgan fingerprint density at radius 3 is 2.89 bits per heavy atom. The summed E-state index contributed by atoms with van der Waals surface area (Å²) in [5.74, 6) is 1.95. The van der Waals surface area contributed by atoms with Gasteiger partial charge in [0.05, 0.1) is 13.2 Å². The first-order valence-corrected chi connectivity index (χ1v) is 6.78. The molecule has 18 heavy (non-hydrogen) atoms. The summed E-state index contributed by atoms with van der Waals surface area (Å²) < 4.78 is 5.66. The van der Waals surface area contributed by atoms with E-state index in [1.165, 1.54) is 5.56 Å². The highest BCUT2D eigenvalue weighted by molar-refractivity contribution is 5.37. The molecule has 3 heteroatoms. The van der Waals surface area contributed by atoms with Gasteiger partial charge in [-0.1, -0.05) is 32.0 Å². The second-order valence-electron chi connectivity index (χ2n) is 5.31. The van der Waals surface area contributed by atoms with Gasteiger partial charge >= 0.3 is 0 Å². The first-order valence-electron chi connectivity index (χ1n) is 6.78. The molecule has 100 valence electrons. The molecule has 3 nitrogen and oxygen atoms in total. The van der Waals surface area contributed by atoms with Gasteiger partial charge in [0.1, 0.15) is 5.75 Å². The lowest BCUT2D eigenvalue weighted by Gasteiger charge is -2.28. The van der Waals surface area contributed by atoms with E-state index in [4.69, 9.17) is 4.74 Å². The minimum atomic E-state index is 0.181. The molecular weight excluding hydrogens is 226 g/mol. The Morgan fingerprint density at radius 1 is 1.39 bits per heavy atom. The van der Waals surface area contributed by atoms with Crippen LogP contribution in [0.25, 0.3) is 0 Å². The van der Waals surface area contributed by atoms with Crippen LogP contribution in [0.5, 0.6) is 5.75 Å². The molecule has 0 spiro atoms. The topological polar surface area (TPSA) is 41.5 Å². The maximum Gasteiger partial charge on any atom is 0.122 e. The molecule has 0 fully saturated rings. The van der Waals surface area contributed by atoms with Crippen LogP contribution in [0.4, 0.5) is 0 Å². The lowest BCUT2D eigenvalue weighted by molar-refractivity contribution is 0.202. The van der Waals surface area contributed by atoms with Gasteiger partial charge in [-0.15, -0.1) is 0 Å². The first-order chi connectivity index (χ1) is 8.72. The zero-order chi connectivity index (χ0) is 13.0. The van der Waals surface area contributed by atoms with Gasteiger partial charge in [0.15, 0.2) is 0 Å². The molecule has 1 aliphatic heterocycles. The fraction of sp³-hybridized carbons (Fsp3) is 0.600. The van der Waals surface area contributed by atoms with Crippen LogP contribution in [0.1, 0.15) is 31.7 Å². The van der Waals surface area contributed by atoms with Gasteiger partial charge in [-0.25, -0.2) is 0 Å². The molecule has 1 aromatic carbocycles. The quantitative estimate of drug-likeness (QED) is 0.840. The largest absolute Gasteiger partial charge is 0.493 e. The third-order valence-electron chi connectivity index (χ3n) is 3.71. The van der Waals surface area contributed by atoms with E-state index in [0.29, 0.717) is 11.8 Å². The Morgan fingerprint density at radius 2 is 2.17 bits per heavy atom. The van der Waals surface area contributed by atoms with E-state index < -0.39 is 0 Å². The van der Waals surface area contributed by atoms with Crippen molar-refractivity contribution in [2.75, 3.05) is 19.8 Å². The van der Waals surface area contributed by atoms with Gasteiger partial charge in [-0.2, -0.15) is 0 Å². The normalized spacial score (nSPS) is 20.3. The number of fused-ring (bicyclic) bond motifs is 1. The van der Waals surface area contributed by atoms with Gasteiger partial charge in [0.2, 0.25) is 0 Å². The van der Waals surface area contributed by atoms with E-state index in [9.17, 15) is 5.11 Å². The summed E-state index contributed by atoms with van der Waals surface area (Å²) in [5.41, 5.74) is 1.29. The zero-order valence-electron chi connectivity index (χ0n) is 11.2. The summed E-state index contributed by atoms with van der Waals surface area (Å²) in [6, 6.07) is 8.43. The predicted octanol–water partition coefficient (Wildman–Crippen LogP) is 2.16. The molecule has 0 aliphatic carbocycles. The highest BCUT2D eigenvalue weighted by Gasteiger charge is 2.22. The van der Waals surface area contributed by atoms with Crippen molar-refractivity contribution >= 4 is 0 Å². The minimum Gasteiger partial charge on any atom is -0.493 e. The fourth-order valence-corrected chi connectivity index (χ4v) is 2.43. The van der Waals surface area contributed by atoms with Crippen LogP contribution in [0.15, 0.2) is 24.3 Å². The summed E-state index contributed by atoms with van der Waals surface area (Å²) in [7, 11) is 0. The Hall–Kier alpha value is -1.06. The van der Waals surface area contributed by atoms with Crippen molar-refractivity contribution in [1.29, 1.82) is 0 Å². The lowest BCUT2D eigenvalue weighted by atomic mass is 9.92. The van der Waals surface area contributed by atoms with E-state index in [2.05, 4.69) is 31.3 Å². The molecule has 1 heterocycles. The van der Waals surface area contributed by atoms with Gasteiger partial charge in [0, 0.05) is 18.5 Å². The first kappa shape index (κ1) is 13.4. The molecule has 0 bridgehead atoms. The van der Waals surface area contributed by atoms with Crippen LogP contribution >= 0.6 is 0 Å². The summed E-state index contributed by atoms with van der Waals surface area (Å²) in [6.07, 6.45) is 1.04. The van der Waals surface area contributed by atoms with Crippen LogP contribution < -0.4 is 10.1 Å². The number of benzene rings is 1. The number of ether oxygens (including phenoxy) is 1. The summed E-state index contributed by atoms with van der Waals surface area (Å²) >= 11 is 0. The van der Waals surface area contributed by atoms with E-state index in [1.54, 1.807) is 0 Å². The molecule has 2 unspecified atom stereocenters. The summed E-state index contributed by atoms with van der Waals surface area (Å²) in [6.45, 7) is 6.15. The number of para-hydroxylation sites is 1. The SMILES string of the molecule is CC(C)C(CO)NCC1CCOc2ccccc21. The molecule has 1 aliphatic rings. The Bertz CT molecular complexity index is 379. The Kier molecular flexibility index (Phi) is 4.61. The average molecular weight is 249 g/mol. The number of hydrogen-bond acceptors (Lipinski definition) is 3. The average Bonchev–Trinajstić information content (AvgIpc) is 2.39. The Labute approximate surface area is 109 Å². The number of nitrogens with one attached hydrogen (secondary N) is 1. The maximum atomic E-state index is 9.33. The van der Waals surface area contributed by atoms with Crippen molar-refractivity contribution in [1.82, 2.24) is 5.32 Å². The zero-order valence-corrected chi connectivity index (χ0v) is 11.2. The Balaban J connectivity index is 1.99. The van der Waals surface area contributed by atoms with E-state index >= 15 is 0 Å². The van der Waals surface area contributed by atoms with Crippen LogP contribution in [0.2, 0.25) is 0 Å². The molecule has 0 saturated heterocycles. The van der Waals surface area contributed by atoms with Crippen molar-refractivity contribution in [3.8, 4) is 5.75 Å². The van der Waals surface area contributed by atoms with E-state index in [1.807, 2.05) is 12.1 Å². The summed E-state index contributed by atoms with van der Waals surface area (Å²) in [4.78, 5) is 0. The van der Waals surface area contributed by atoms with Crippen LogP contribution in [0.3, 0.4) is 0 Å². The second kappa shape index (κ2) is 6.21. The minimum absolute atomic E-state index is 0.181. The maximum absolute atomic E-state index is 9.33. The third kappa shape index (κ3) is 3.03.